The van der Waals surface area contributed by atoms with E-state index in [1.165, 1.54) is 18.5 Å². The second-order valence-corrected chi connectivity index (χ2v) is 4.89. The van der Waals surface area contributed by atoms with Crippen molar-refractivity contribution in [3.8, 4) is 0 Å². The lowest BCUT2D eigenvalue weighted by Gasteiger charge is -2.37. The molecule has 0 aromatic carbocycles. The summed E-state index contributed by atoms with van der Waals surface area (Å²) < 4.78 is 0. The molecule has 0 spiro atoms. The SMILES string of the molecule is CC1CCC(c2cnc[nH]2)C(C)C1C. The molecular weight excluding hydrogens is 172 g/mol. The molecule has 0 amide bonds. The number of hydrogen-bond acceptors (Lipinski definition) is 1. The van der Waals surface area contributed by atoms with Crippen LogP contribution in [0.4, 0.5) is 0 Å². The summed E-state index contributed by atoms with van der Waals surface area (Å²) in [5.41, 5.74) is 1.33. The highest BCUT2D eigenvalue weighted by Gasteiger charge is 2.32. The molecule has 1 N–H and O–H groups in total. The highest BCUT2D eigenvalue weighted by molar-refractivity contribution is 5.07. The highest BCUT2D eigenvalue weighted by atomic mass is 14.9. The molecule has 1 saturated carbocycles. The lowest BCUT2D eigenvalue weighted by Crippen LogP contribution is -2.28. The van der Waals surface area contributed by atoms with Gasteiger partial charge in [-0.25, -0.2) is 4.98 Å². The zero-order valence-corrected chi connectivity index (χ0v) is 9.33. The van der Waals surface area contributed by atoms with Crippen LogP contribution in [-0.2, 0) is 0 Å². The topological polar surface area (TPSA) is 28.7 Å². The van der Waals surface area contributed by atoms with Crippen molar-refractivity contribution in [2.24, 2.45) is 17.8 Å². The molecule has 4 unspecified atom stereocenters. The van der Waals surface area contributed by atoms with E-state index in [1.807, 2.05) is 6.20 Å². The van der Waals surface area contributed by atoms with Gasteiger partial charge in [0.1, 0.15) is 0 Å². The van der Waals surface area contributed by atoms with E-state index in [9.17, 15) is 0 Å². The van der Waals surface area contributed by atoms with E-state index < -0.39 is 0 Å². The normalized spacial score (nSPS) is 38.5. The minimum absolute atomic E-state index is 0.698. The van der Waals surface area contributed by atoms with Gasteiger partial charge >= 0.3 is 0 Å². The van der Waals surface area contributed by atoms with Crippen LogP contribution in [0.5, 0.6) is 0 Å². The van der Waals surface area contributed by atoms with Crippen molar-refractivity contribution in [2.75, 3.05) is 0 Å². The van der Waals surface area contributed by atoms with Crippen molar-refractivity contribution in [3.05, 3.63) is 18.2 Å². The summed E-state index contributed by atoms with van der Waals surface area (Å²) >= 11 is 0. The average Bonchev–Trinajstić information content (AvgIpc) is 2.67. The monoisotopic (exact) mass is 192 g/mol. The van der Waals surface area contributed by atoms with Gasteiger partial charge in [-0.15, -0.1) is 0 Å². The van der Waals surface area contributed by atoms with E-state index in [4.69, 9.17) is 0 Å². The van der Waals surface area contributed by atoms with Crippen LogP contribution in [0.3, 0.4) is 0 Å². The largest absolute Gasteiger partial charge is 0.348 e. The van der Waals surface area contributed by atoms with Crippen molar-refractivity contribution in [3.63, 3.8) is 0 Å². The predicted octanol–water partition coefficient (Wildman–Crippen LogP) is 3.20. The molecule has 2 heteroatoms. The summed E-state index contributed by atoms with van der Waals surface area (Å²) in [6.07, 6.45) is 6.46. The molecule has 2 nitrogen and oxygen atoms in total. The van der Waals surface area contributed by atoms with Crippen molar-refractivity contribution >= 4 is 0 Å². The van der Waals surface area contributed by atoms with E-state index >= 15 is 0 Å². The first-order chi connectivity index (χ1) is 6.70. The molecule has 1 fully saturated rings. The summed E-state index contributed by atoms with van der Waals surface area (Å²) in [6.45, 7) is 7.15. The first-order valence-corrected chi connectivity index (χ1v) is 5.68. The molecule has 1 aromatic rings. The first-order valence-electron chi connectivity index (χ1n) is 5.68. The van der Waals surface area contributed by atoms with E-state index in [0.717, 1.165) is 17.8 Å². The molecule has 0 saturated heterocycles. The Kier molecular flexibility index (Phi) is 2.62. The summed E-state index contributed by atoms with van der Waals surface area (Å²) in [4.78, 5) is 7.38. The number of nitrogens with zero attached hydrogens (tertiary/aromatic N) is 1. The quantitative estimate of drug-likeness (QED) is 0.727. The van der Waals surface area contributed by atoms with Crippen molar-refractivity contribution in [2.45, 2.75) is 39.5 Å². The Hall–Kier alpha value is -0.790. The number of nitrogens with one attached hydrogen (secondary N) is 1. The third-order valence-electron chi connectivity index (χ3n) is 4.21. The maximum atomic E-state index is 4.12. The van der Waals surface area contributed by atoms with Gasteiger partial charge in [-0.05, 0) is 30.6 Å². The summed E-state index contributed by atoms with van der Waals surface area (Å²) in [5.74, 6) is 3.18. The van der Waals surface area contributed by atoms with E-state index in [0.29, 0.717) is 5.92 Å². The van der Waals surface area contributed by atoms with Crippen molar-refractivity contribution in [1.29, 1.82) is 0 Å². The fourth-order valence-electron chi connectivity index (χ4n) is 2.76. The van der Waals surface area contributed by atoms with Crippen molar-refractivity contribution < 1.29 is 0 Å². The van der Waals surface area contributed by atoms with Crippen LogP contribution in [0.15, 0.2) is 12.5 Å². The smallest absolute Gasteiger partial charge is 0.0921 e. The molecule has 1 aromatic heterocycles. The Labute approximate surface area is 86.1 Å². The minimum Gasteiger partial charge on any atom is -0.348 e. The molecular formula is C12H20N2. The van der Waals surface area contributed by atoms with Gasteiger partial charge in [-0.1, -0.05) is 20.8 Å². The lowest BCUT2D eigenvalue weighted by molar-refractivity contribution is 0.167. The molecule has 0 bridgehead atoms. The van der Waals surface area contributed by atoms with Crippen LogP contribution in [0.2, 0.25) is 0 Å². The second kappa shape index (κ2) is 3.76. The molecule has 2 rings (SSSR count). The lowest BCUT2D eigenvalue weighted by atomic mass is 9.68. The fourth-order valence-corrected chi connectivity index (χ4v) is 2.76. The Morgan fingerprint density at radius 3 is 2.64 bits per heavy atom. The maximum absolute atomic E-state index is 4.12. The van der Waals surface area contributed by atoms with Crippen LogP contribution in [0, 0.1) is 17.8 Å². The first kappa shape index (κ1) is 9.75. The molecule has 0 radical (unpaired) electrons. The van der Waals surface area contributed by atoms with E-state index in [1.54, 1.807) is 6.33 Å². The number of hydrogen-bond donors (Lipinski definition) is 1. The van der Waals surface area contributed by atoms with E-state index in [2.05, 4.69) is 30.7 Å². The van der Waals surface area contributed by atoms with Gasteiger partial charge < -0.3 is 4.98 Å². The molecule has 1 heterocycles. The third kappa shape index (κ3) is 1.58. The van der Waals surface area contributed by atoms with Crippen LogP contribution in [0.1, 0.15) is 45.2 Å². The molecule has 14 heavy (non-hydrogen) atoms. The maximum Gasteiger partial charge on any atom is 0.0921 e. The number of aromatic amines is 1. The Morgan fingerprint density at radius 2 is 2.00 bits per heavy atom. The molecule has 78 valence electrons. The van der Waals surface area contributed by atoms with Gasteiger partial charge in [0, 0.05) is 17.8 Å². The van der Waals surface area contributed by atoms with Crippen LogP contribution < -0.4 is 0 Å². The number of aromatic nitrogens is 2. The predicted molar refractivity (Wildman–Crippen MR) is 58.1 cm³/mol. The van der Waals surface area contributed by atoms with Gasteiger partial charge in [0.05, 0.1) is 6.33 Å². The number of H-pyrrole nitrogens is 1. The van der Waals surface area contributed by atoms with Gasteiger partial charge in [-0.2, -0.15) is 0 Å². The summed E-state index contributed by atoms with van der Waals surface area (Å²) in [5, 5.41) is 0. The Balaban J connectivity index is 2.14. The Bertz CT molecular complexity index is 279. The van der Waals surface area contributed by atoms with E-state index in [-0.39, 0.29) is 0 Å². The fraction of sp³-hybridized carbons (Fsp3) is 0.750. The molecule has 1 aliphatic rings. The average molecular weight is 192 g/mol. The molecule has 0 aliphatic heterocycles. The zero-order chi connectivity index (χ0) is 10.1. The highest BCUT2D eigenvalue weighted by Crippen LogP contribution is 2.42. The van der Waals surface area contributed by atoms with Gasteiger partial charge in [0.15, 0.2) is 0 Å². The number of rotatable bonds is 1. The summed E-state index contributed by atoms with van der Waals surface area (Å²) in [6, 6.07) is 0. The van der Waals surface area contributed by atoms with Gasteiger partial charge in [0.25, 0.3) is 0 Å². The molecule has 1 aliphatic carbocycles. The third-order valence-corrected chi connectivity index (χ3v) is 4.21. The minimum atomic E-state index is 0.698. The standard InChI is InChI=1S/C12H20N2/c1-8-4-5-11(10(3)9(8)2)12-6-13-7-14-12/h6-11H,4-5H2,1-3H3,(H,13,14). The molecule has 4 atom stereocenters. The summed E-state index contributed by atoms with van der Waals surface area (Å²) in [7, 11) is 0. The Morgan fingerprint density at radius 1 is 1.21 bits per heavy atom. The van der Waals surface area contributed by atoms with Gasteiger partial charge in [-0.3, -0.25) is 0 Å². The number of imidazole rings is 1. The zero-order valence-electron chi connectivity index (χ0n) is 9.33. The van der Waals surface area contributed by atoms with Gasteiger partial charge in [0.2, 0.25) is 0 Å². The van der Waals surface area contributed by atoms with Crippen LogP contribution in [0.25, 0.3) is 0 Å². The second-order valence-electron chi connectivity index (χ2n) is 4.89. The van der Waals surface area contributed by atoms with Crippen LogP contribution >= 0.6 is 0 Å². The van der Waals surface area contributed by atoms with Crippen molar-refractivity contribution in [1.82, 2.24) is 9.97 Å². The van der Waals surface area contributed by atoms with Crippen LogP contribution in [-0.4, -0.2) is 9.97 Å².